The molecule has 0 spiro atoms. The summed E-state index contributed by atoms with van der Waals surface area (Å²) in [5.41, 5.74) is 1.21. The van der Waals surface area contributed by atoms with Crippen LogP contribution >= 0.6 is 0 Å². The number of anilines is 1. The van der Waals surface area contributed by atoms with Crippen LogP contribution in [0.2, 0.25) is 0 Å². The average molecular weight is 448 g/mol. The van der Waals surface area contributed by atoms with E-state index < -0.39 is 29.6 Å². The minimum Gasteiger partial charge on any atom is -0.494 e. The second-order valence-electron chi connectivity index (χ2n) is 7.41. The second kappa shape index (κ2) is 9.22. The van der Waals surface area contributed by atoms with Crippen molar-refractivity contribution in [3.8, 4) is 5.75 Å². The normalized spacial score (nSPS) is 13.6. The topological polar surface area (TPSA) is 95.9 Å². The van der Waals surface area contributed by atoms with Gasteiger partial charge in [-0.15, -0.1) is 0 Å². The van der Waals surface area contributed by atoms with E-state index in [-0.39, 0.29) is 23.2 Å². The number of halogens is 1. The van der Waals surface area contributed by atoms with Gasteiger partial charge in [0.1, 0.15) is 11.6 Å². The Bertz CT molecular complexity index is 1230. The fraction of sp³-hybridized carbons (Fsp3) is 0.160. The first kappa shape index (κ1) is 22.2. The molecule has 0 radical (unpaired) electrons. The molecule has 33 heavy (non-hydrogen) atoms. The molecule has 1 atom stereocenters. The van der Waals surface area contributed by atoms with Crippen molar-refractivity contribution in [3.63, 3.8) is 0 Å². The summed E-state index contributed by atoms with van der Waals surface area (Å²) < 4.78 is 18.7. The number of amides is 3. The van der Waals surface area contributed by atoms with Gasteiger partial charge in [-0.25, -0.2) is 9.29 Å². The number of nitrogens with one attached hydrogen (secondary N) is 1. The number of hydrogen-bond acceptors (Lipinski definition) is 5. The summed E-state index contributed by atoms with van der Waals surface area (Å²) in [5.74, 6) is -1.41. The molecule has 4 rings (SSSR count). The highest BCUT2D eigenvalue weighted by atomic mass is 19.1. The molecular formula is C25H21FN2O5. The Morgan fingerprint density at radius 1 is 1.03 bits per heavy atom. The molecule has 1 unspecified atom stereocenters. The zero-order valence-electron chi connectivity index (χ0n) is 17.7. The molecule has 0 saturated heterocycles. The van der Waals surface area contributed by atoms with Crippen molar-refractivity contribution in [2.24, 2.45) is 0 Å². The fourth-order valence-electron chi connectivity index (χ4n) is 3.60. The van der Waals surface area contributed by atoms with Gasteiger partial charge in [-0.1, -0.05) is 12.1 Å². The van der Waals surface area contributed by atoms with Crippen molar-refractivity contribution in [2.75, 3.05) is 18.1 Å². The molecule has 0 aromatic heterocycles. The Labute approximate surface area is 189 Å². The van der Waals surface area contributed by atoms with Gasteiger partial charge in [0.05, 0.1) is 29.5 Å². The van der Waals surface area contributed by atoms with Gasteiger partial charge in [0.25, 0.3) is 17.7 Å². The van der Waals surface area contributed by atoms with Gasteiger partial charge in [-0.05, 0) is 67.1 Å². The molecule has 168 valence electrons. The molecule has 7 nitrogen and oxygen atoms in total. The Morgan fingerprint density at radius 2 is 1.76 bits per heavy atom. The SMILES string of the molecule is CCOc1ccc(N2C(=O)c3ccc(C(=O)NCC(O)c4cccc(F)c4)cc3C2=O)cc1. The molecule has 0 aliphatic carbocycles. The van der Waals surface area contributed by atoms with Crippen molar-refractivity contribution in [1.82, 2.24) is 5.32 Å². The van der Waals surface area contributed by atoms with E-state index in [9.17, 15) is 23.9 Å². The quantitative estimate of drug-likeness (QED) is 0.540. The van der Waals surface area contributed by atoms with Gasteiger partial charge in [0, 0.05) is 12.1 Å². The van der Waals surface area contributed by atoms with E-state index in [2.05, 4.69) is 5.32 Å². The smallest absolute Gasteiger partial charge is 0.266 e. The Morgan fingerprint density at radius 3 is 2.45 bits per heavy atom. The van der Waals surface area contributed by atoms with E-state index >= 15 is 0 Å². The maximum absolute atomic E-state index is 13.3. The van der Waals surface area contributed by atoms with Crippen LogP contribution in [0.1, 0.15) is 49.7 Å². The summed E-state index contributed by atoms with van der Waals surface area (Å²) in [7, 11) is 0. The third-order valence-electron chi connectivity index (χ3n) is 5.24. The first-order valence-electron chi connectivity index (χ1n) is 10.4. The van der Waals surface area contributed by atoms with Crippen LogP contribution in [0.5, 0.6) is 5.75 Å². The molecule has 0 bridgehead atoms. The zero-order chi connectivity index (χ0) is 23.5. The minimum atomic E-state index is -1.10. The summed E-state index contributed by atoms with van der Waals surface area (Å²) in [6.45, 7) is 2.20. The van der Waals surface area contributed by atoms with Crippen LogP contribution in [0, 0.1) is 5.82 Å². The summed E-state index contributed by atoms with van der Waals surface area (Å²) in [6.07, 6.45) is -1.10. The van der Waals surface area contributed by atoms with E-state index in [1.807, 2.05) is 6.92 Å². The lowest BCUT2D eigenvalue weighted by Gasteiger charge is -2.14. The van der Waals surface area contributed by atoms with Crippen LogP contribution in [0.25, 0.3) is 0 Å². The van der Waals surface area contributed by atoms with Crippen molar-refractivity contribution < 1.29 is 28.6 Å². The lowest BCUT2D eigenvalue weighted by atomic mass is 10.0. The number of carbonyl (C=O) groups is 3. The van der Waals surface area contributed by atoms with Crippen LogP contribution < -0.4 is 15.0 Å². The van der Waals surface area contributed by atoms with Gasteiger partial charge in [0.2, 0.25) is 0 Å². The van der Waals surface area contributed by atoms with Gasteiger partial charge in [-0.3, -0.25) is 14.4 Å². The lowest BCUT2D eigenvalue weighted by Crippen LogP contribution is -2.29. The van der Waals surface area contributed by atoms with Crippen LogP contribution in [-0.4, -0.2) is 36.0 Å². The first-order valence-corrected chi connectivity index (χ1v) is 10.4. The predicted molar refractivity (Wildman–Crippen MR) is 119 cm³/mol. The molecule has 8 heteroatoms. The number of aliphatic hydroxyl groups is 1. The number of aliphatic hydroxyl groups excluding tert-OH is 1. The predicted octanol–water partition coefficient (Wildman–Crippen LogP) is 3.49. The number of benzene rings is 3. The molecule has 1 heterocycles. The second-order valence-corrected chi connectivity index (χ2v) is 7.41. The molecule has 0 saturated carbocycles. The first-order chi connectivity index (χ1) is 15.9. The number of ether oxygens (including phenoxy) is 1. The zero-order valence-corrected chi connectivity index (χ0v) is 17.7. The molecule has 3 aromatic carbocycles. The van der Waals surface area contributed by atoms with Crippen LogP contribution in [0.4, 0.5) is 10.1 Å². The minimum absolute atomic E-state index is 0.118. The van der Waals surface area contributed by atoms with E-state index in [0.29, 0.717) is 23.6 Å². The van der Waals surface area contributed by atoms with Gasteiger partial charge >= 0.3 is 0 Å². The Kier molecular flexibility index (Phi) is 6.19. The summed E-state index contributed by atoms with van der Waals surface area (Å²) in [6, 6.07) is 16.3. The molecule has 3 aromatic rings. The summed E-state index contributed by atoms with van der Waals surface area (Å²) >= 11 is 0. The molecule has 1 aliphatic rings. The Balaban J connectivity index is 1.48. The number of rotatable bonds is 7. The third kappa shape index (κ3) is 4.47. The van der Waals surface area contributed by atoms with Crippen molar-refractivity contribution >= 4 is 23.4 Å². The molecule has 3 amide bonds. The van der Waals surface area contributed by atoms with Crippen LogP contribution in [0.3, 0.4) is 0 Å². The number of fused-ring (bicyclic) bond motifs is 1. The van der Waals surface area contributed by atoms with Crippen LogP contribution in [-0.2, 0) is 0 Å². The molecular weight excluding hydrogens is 427 g/mol. The Hall–Kier alpha value is -4.04. The van der Waals surface area contributed by atoms with Gasteiger partial charge < -0.3 is 15.2 Å². The van der Waals surface area contributed by atoms with Crippen molar-refractivity contribution in [2.45, 2.75) is 13.0 Å². The molecule has 0 fully saturated rings. The van der Waals surface area contributed by atoms with E-state index in [1.165, 1.54) is 36.4 Å². The number of hydrogen-bond donors (Lipinski definition) is 2. The summed E-state index contributed by atoms with van der Waals surface area (Å²) in [4.78, 5) is 39.4. The van der Waals surface area contributed by atoms with Crippen molar-refractivity contribution in [3.05, 3.63) is 94.8 Å². The average Bonchev–Trinajstić information content (AvgIpc) is 3.07. The van der Waals surface area contributed by atoms with E-state index in [0.717, 1.165) is 4.90 Å². The highest BCUT2D eigenvalue weighted by Crippen LogP contribution is 2.30. The largest absolute Gasteiger partial charge is 0.494 e. The van der Waals surface area contributed by atoms with Gasteiger partial charge in [-0.2, -0.15) is 0 Å². The third-order valence-corrected chi connectivity index (χ3v) is 5.24. The molecule has 1 aliphatic heterocycles. The van der Waals surface area contributed by atoms with E-state index in [4.69, 9.17) is 4.74 Å². The highest BCUT2D eigenvalue weighted by Gasteiger charge is 2.37. The highest BCUT2D eigenvalue weighted by molar-refractivity contribution is 6.34. The number of imide groups is 1. The van der Waals surface area contributed by atoms with E-state index in [1.54, 1.807) is 30.3 Å². The number of carbonyl (C=O) groups excluding carboxylic acids is 3. The van der Waals surface area contributed by atoms with Gasteiger partial charge in [0.15, 0.2) is 0 Å². The van der Waals surface area contributed by atoms with Crippen LogP contribution in [0.15, 0.2) is 66.7 Å². The maximum Gasteiger partial charge on any atom is 0.266 e. The number of nitrogens with zero attached hydrogens (tertiary/aromatic N) is 1. The monoisotopic (exact) mass is 448 g/mol. The molecule has 2 N–H and O–H groups in total. The lowest BCUT2D eigenvalue weighted by molar-refractivity contribution is 0.0912. The maximum atomic E-state index is 13.3. The standard InChI is InChI=1S/C25H21FN2O5/c1-2-33-19-9-7-18(8-10-19)28-24(31)20-11-6-16(13-21(20)25(28)32)23(30)27-14-22(29)15-4-3-5-17(26)12-15/h3-13,22,29H,2,14H2,1H3,(H,27,30). The fourth-order valence-corrected chi connectivity index (χ4v) is 3.60. The van der Waals surface area contributed by atoms with Crippen molar-refractivity contribution in [1.29, 1.82) is 0 Å². The summed E-state index contributed by atoms with van der Waals surface area (Å²) in [5, 5.41) is 12.8.